The fourth-order valence-corrected chi connectivity index (χ4v) is 3.06. The Morgan fingerprint density at radius 3 is 2.48 bits per heavy atom. The van der Waals surface area contributed by atoms with Crippen LogP contribution in [0.2, 0.25) is 5.02 Å². The number of esters is 1. The molecule has 1 saturated heterocycles. The van der Waals surface area contributed by atoms with Gasteiger partial charge in [-0.2, -0.15) is 0 Å². The molecular weight excluding hydrogens is 366 g/mol. The minimum atomic E-state index is -0.331. The van der Waals surface area contributed by atoms with Crippen molar-refractivity contribution in [2.75, 3.05) is 50.8 Å². The summed E-state index contributed by atoms with van der Waals surface area (Å²) in [7, 11) is 0. The molecule has 0 aliphatic carbocycles. The quantitative estimate of drug-likeness (QED) is 0.678. The molecule has 0 spiro atoms. The molecule has 0 saturated carbocycles. The third kappa shape index (κ3) is 5.58. The van der Waals surface area contributed by atoms with Gasteiger partial charge in [-0.05, 0) is 43.3 Å². The van der Waals surface area contributed by atoms with Gasteiger partial charge < -0.3 is 14.4 Å². The van der Waals surface area contributed by atoms with Gasteiger partial charge in [-0.3, -0.25) is 4.90 Å². The lowest BCUT2D eigenvalue weighted by atomic mass is 10.2. The largest absolute Gasteiger partial charge is 0.492 e. The summed E-state index contributed by atoms with van der Waals surface area (Å²) in [4.78, 5) is 20.7. The molecule has 0 atom stereocenters. The zero-order chi connectivity index (χ0) is 19.1. The van der Waals surface area contributed by atoms with E-state index < -0.39 is 0 Å². The maximum atomic E-state index is 11.7. The van der Waals surface area contributed by atoms with E-state index in [-0.39, 0.29) is 5.97 Å². The summed E-state index contributed by atoms with van der Waals surface area (Å²) in [6, 6.07) is 11.1. The van der Waals surface area contributed by atoms with Crippen molar-refractivity contribution in [1.82, 2.24) is 9.88 Å². The van der Waals surface area contributed by atoms with Crippen LogP contribution in [0.3, 0.4) is 0 Å². The normalized spacial score (nSPS) is 14.8. The van der Waals surface area contributed by atoms with Crippen LogP contribution in [0.1, 0.15) is 17.3 Å². The molecule has 0 bridgehead atoms. The first-order valence-corrected chi connectivity index (χ1v) is 9.52. The van der Waals surface area contributed by atoms with Gasteiger partial charge >= 0.3 is 5.97 Å². The van der Waals surface area contributed by atoms with E-state index in [1.165, 1.54) is 0 Å². The summed E-state index contributed by atoms with van der Waals surface area (Å²) in [5.74, 6) is 1.39. The van der Waals surface area contributed by atoms with Crippen molar-refractivity contribution >= 4 is 23.4 Å². The lowest BCUT2D eigenvalue weighted by Crippen LogP contribution is -2.47. The highest BCUT2D eigenvalue weighted by Gasteiger charge is 2.18. The number of hydrogen-bond donors (Lipinski definition) is 0. The van der Waals surface area contributed by atoms with E-state index in [4.69, 9.17) is 21.1 Å². The van der Waals surface area contributed by atoms with Gasteiger partial charge in [0.1, 0.15) is 18.2 Å². The molecule has 0 N–H and O–H groups in total. The van der Waals surface area contributed by atoms with Crippen molar-refractivity contribution in [3.8, 4) is 5.75 Å². The van der Waals surface area contributed by atoms with Crippen molar-refractivity contribution in [2.45, 2.75) is 6.92 Å². The number of aromatic nitrogens is 1. The van der Waals surface area contributed by atoms with Gasteiger partial charge in [0, 0.05) is 43.9 Å². The molecule has 3 rings (SSSR count). The first-order chi connectivity index (χ1) is 13.2. The van der Waals surface area contributed by atoms with Crippen LogP contribution in [0.5, 0.6) is 5.75 Å². The van der Waals surface area contributed by atoms with E-state index in [1.54, 1.807) is 19.2 Å². The number of anilines is 1. The third-order valence-corrected chi connectivity index (χ3v) is 4.70. The Hall–Kier alpha value is -2.31. The zero-order valence-corrected chi connectivity index (χ0v) is 16.2. The van der Waals surface area contributed by atoms with E-state index in [2.05, 4.69) is 14.8 Å². The van der Waals surface area contributed by atoms with Crippen molar-refractivity contribution in [3.63, 3.8) is 0 Å². The lowest BCUT2D eigenvalue weighted by molar-refractivity contribution is 0.0526. The molecule has 27 heavy (non-hydrogen) atoms. The van der Waals surface area contributed by atoms with Crippen molar-refractivity contribution in [2.24, 2.45) is 0 Å². The molecule has 0 unspecified atom stereocenters. The van der Waals surface area contributed by atoms with Gasteiger partial charge in [0.05, 0.1) is 12.2 Å². The second-order valence-electron chi connectivity index (χ2n) is 6.26. The second-order valence-corrected chi connectivity index (χ2v) is 6.69. The Morgan fingerprint density at radius 2 is 1.85 bits per heavy atom. The minimum Gasteiger partial charge on any atom is -0.492 e. The Bertz CT molecular complexity index is 729. The Balaban J connectivity index is 1.42. The molecular formula is C20H24ClN3O3. The van der Waals surface area contributed by atoms with Crippen LogP contribution in [0.25, 0.3) is 0 Å². The standard InChI is InChI=1S/C20H24ClN3O3/c1-2-26-20(25)16-3-8-19(22-15-16)24-11-9-23(10-12-24)13-14-27-18-6-4-17(21)5-7-18/h3-8,15H,2,9-14H2,1H3. The van der Waals surface area contributed by atoms with Crippen LogP contribution >= 0.6 is 11.6 Å². The molecule has 2 heterocycles. The van der Waals surface area contributed by atoms with Crippen molar-refractivity contribution < 1.29 is 14.3 Å². The van der Waals surface area contributed by atoms with Crippen LogP contribution in [-0.2, 0) is 4.74 Å². The monoisotopic (exact) mass is 389 g/mol. The number of piperazine rings is 1. The lowest BCUT2D eigenvalue weighted by Gasteiger charge is -2.35. The highest BCUT2D eigenvalue weighted by molar-refractivity contribution is 6.30. The smallest absolute Gasteiger partial charge is 0.339 e. The molecule has 1 aliphatic heterocycles. The molecule has 1 aromatic heterocycles. The van der Waals surface area contributed by atoms with E-state index in [0.717, 1.165) is 44.3 Å². The average molecular weight is 390 g/mol. The highest BCUT2D eigenvalue weighted by Crippen LogP contribution is 2.16. The van der Waals surface area contributed by atoms with Gasteiger partial charge in [-0.25, -0.2) is 9.78 Å². The van der Waals surface area contributed by atoms with Crippen LogP contribution in [-0.4, -0.2) is 61.8 Å². The number of pyridine rings is 1. The maximum absolute atomic E-state index is 11.7. The summed E-state index contributed by atoms with van der Waals surface area (Å²) in [5.41, 5.74) is 0.485. The molecule has 1 aromatic carbocycles. The number of rotatable bonds is 7. The van der Waals surface area contributed by atoms with Gasteiger partial charge in [-0.1, -0.05) is 11.6 Å². The van der Waals surface area contributed by atoms with Crippen LogP contribution in [0.15, 0.2) is 42.6 Å². The van der Waals surface area contributed by atoms with E-state index in [9.17, 15) is 4.79 Å². The predicted molar refractivity (Wildman–Crippen MR) is 106 cm³/mol. The van der Waals surface area contributed by atoms with Crippen LogP contribution in [0.4, 0.5) is 5.82 Å². The predicted octanol–water partition coefficient (Wildman–Crippen LogP) is 3.11. The molecule has 0 amide bonds. The Morgan fingerprint density at radius 1 is 1.11 bits per heavy atom. The number of hydrogen-bond acceptors (Lipinski definition) is 6. The minimum absolute atomic E-state index is 0.331. The molecule has 1 fully saturated rings. The van der Waals surface area contributed by atoms with Crippen molar-refractivity contribution in [3.05, 3.63) is 53.2 Å². The molecule has 6 nitrogen and oxygen atoms in total. The number of carbonyl (C=O) groups excluding carboxylic acids is 1. The molecule has 1 aliphatic rings. The number of nitrogens with zero attached hydrogens (tertiary/aromatic N) is 3. The Labute approximate surface area is 164 Å². The van der Waals surface area contributed by atoms with Crippen LogP contribution < -0.4 is 9.64 Å². The summed E-state index contributed by atoms with van der Waals surface area (Å²) in [6.45, 7) is 7.37. The first kappa shape index (κ1) is 19.5. The third-order valence-electron chi connectivity index (χ3n) is 4.45. The first-order valence-electron chi connectivity index (χ1n) is 9.14. The highest BCUT2D eigenvalue weighted by atomic mass is 35.5. The summed E-state index contributed by atoms with van der Waals surface area (Å²) >= 11 is 5.87. The zero-order valence-electron chi connectivity index (χ0n) is 15.4. The SMILES string of the molecule is CCOC(=O)c1ccc(N2CCN(CCOc3ccc(Cl)cc3)CC2)nc1. The summed E-state index contributed by atoms with van der Waals surface area (Å²) in [5, 5.41) is 0.711. The van der Waals surface area contributed by atoms with E-state index in [0.29, 0.717) is 23.8 Å². The van der Waals surface area contributed by atoms with E-state index >= 15 is 0 Å². The maximum Gasteiger partial charge on any atom is 0.339 e. The number of carbonyl (C=O) groups is 1. The number of benzene rings is 1. The molecule has 144 valence electrons. The van der Waals surface area contributed by atoms with E-state index in [1.807, 2.05) is 30.3 Å². The Kier molecular flexibility index (Phi) is 6.90. The second kappa shape index (κ2) is 9.58. The van der Waals surface area contributed by atoms with Crippen molar-refractivity contribution in [1.29, 1.82) is 0 Å². The summed E-state index contributed by atoms with van der Waals surface area (Å²) in [6.07, 6.45) is 1.58. The summed E-state index contributed by atoms with van der Waals surface area (Å²) < 4.78 is 10.7. The van der Waals surface area contributed by atoms with Gasteiger partial charge in [0.15, 0.2) is 0 Å². The fourth-order valence-electron chi connectivity index (χ4n) is 2.93. The molecule has 2 aromatic rings. The number of ether oxygens (including phenoxy) is 2. The van der Waals surface area contributed by atoms with Gasteiger partial charge in [0.2, 0.25) is 0 Å². The number of halogens is 1. The average Bonchev–Trinajstić information content (AvgIpc) is 2.70. The fraction of sp³-hybridized carbons (Fsp3) is 0.400. The molecule has 7 heteroatoms. The topological polar surface area (TPSA) is 54.9 Å². The van der Waals surface area contributed by atoms with Gasteiger partial charge in [-0.15, -0.1) is 0 Å². The molecule has 0 radical (unpaired) electrons. The van der Waals surface area contributed by atoms with Crippen LogP contribution in [0, 0.1) is 0 Å². The van der Waals surface area contributed by atoms with Gasteiger partial charge in [0.25, 0.3) is 0 Å².